The Bertz CT molecular complexity index is 932. The van der Waals surface area contributed by atoms with E-state index in [1.165, 1.54) is 13.0 Å². The fourth-order valence-corrected chi connectivity index (χ4v) is 3.19. The lowest BCUT2D eigenvalue weighted by molar-refractivity contribution is -0.117. The third kappa shape index (κ3) is 4.63. The third-order valence-electron chi connectivity index (χ3n) is 5.01. The van der Waals surface area contributed by atoms with E-state index in [1.54, 1.807) is 32.2 Å². The lowest BCUT2D eigenvalue weighted by Crippen LogP contribution is -2.26. The Balaban J connectivity index is 1.98. The second-order valence-corrected chi connectivity index (χ2v) is 7.97. The van der Waals surface area contributed by atoms with Gasteiger partial charge in [-0.3, -0.25) is 4.79 Å². The number of anilines is 1. The first-order valence-corrected chi connectivity index (χ1v) is 9.89. The number of pyridine rings is 1. The van der Waals surface area contributed by atoms with Crippen LogP contribution >= 0.6 is 0 Å². The molecule has 1 aliphatic carbocycles. The molecule has 0 radical (unpaired) electrons. The molecule has 0 bridgehead atoms. The molecule has 1 fully saturated rings. The molecule has 6 heteroatoms. The highest BCUT2D eigenvalue weighted by molar-refractivity contribution is 5.98. The van der Waals surface area contributed by atoms with Gasteiger partial charge in [-0.1, -0.05) is 0 Å². The quantitative estimate of drug-likeness (QED) is 0.661. The number of aromatic nitrogens is 1. The predicted molar refractivity (Wildman–Crippen MR) is 113 cm³/mol. The van der Waals surface area contributed by atoms with Crippen molar-refractivity contribution in [1.29, 1.82) is 0 Å². The average molecular weight is 399 g/mol. The zero-order chi connectivity index (χ0) is 21.3. The smallest absolute Gasteiger partial charge is 0.247 e. The Hall–Kier alpha value is -2.76. The summed E-state index contributed by atoms with van der Waals surface area (Å²) in [5.74, 6) is -0.597. The van der Waals surface area contributed by atoms with Crippen molar-refractivity contribution in [2.24, 2.45) is 0 Å². The fourth-order valence-electron chi connectivity index (χ4n) is 3.19. The van der Waals surface area contributed by atoms with E-state index in [1.807, 2.05) is 13.8 Å². The highest BCUT2D eigenvalue weighted by Gasteiger charge is 2.25. The number of rotatable bonds is 6. The summed E-state index contributed by atoms with van der Waals surface area (Å²) in [6.45, 7) is 8.68. The summed E-state index contributed by atoms with van der Waals surface area (Å²) in [5.41, 5.74) is 1.54. The third-order valence-corrected chi connectivity index (χ3v) is 5.01. The molecule has 0 aliphatic heterocycles. The highest BCUT2D eigenvalue weighted by atomic mass is 19.1. The van der Waals surface area contributed by atoms with Crippen molar-refractivity contribution in [3.63, 3.8) is 0 Å². The topological polar surface area (TPSA) is 54.0 Å². The first-order valence-electron chi connectivity index (χ1n) is 9.89. The van der Waals surface area contributed by atoms with Crippen molar-refractivity contribution in [3.8, 4) is 11.1 Å². The van der Waals surface area contributed by atoms with Gasteiger partial charge in [0.1, 0.15) is 17.5 Å². The molecule has 29 heavy (non-hydrogen) atoms. The normalized spacial score (nSPS) is 14.3. The molecular weight excluding hydrogens is 372 g/mol. The average Bonchev–Trinajstić information content (AvgIpc) is 3.48. The number of benzene rings is 1. The van der Waals surface area contributed by atoms with Gasteiger partial charge in [0.15, 0.2) is 0 Å². The Morgan fingerprint density at radius 1 is 1.17 bits per heavy atom. The molecule has 1 aliphatic rings. The van der Waals surface area contributed by atoms with Crippen molar-refractivity contribution >= 4 is 17.8 Å². The van der Waals surface area contributed by atoms with Crippen molar-refractivity contribution in [2.75, 3.05) is 5.32 Å². The fraction of sp³-hybridized carbons (Fsp3) is 0.391. The second-order valence-electron chi connectivity index (χ2n) is 7.97. The number of halogens is 2. The van der Waals surface area contributed by atoms with Crippen molar-refractivity contribution in [1.82, 2.24) is 10.3 Å². The Kier molecular flexibility index (Phi) is 6.01. The Labute approximate surface area is 170 Å². The first-order chi connectivity index (χ1) is 13.7. The monoisotopic (exact) mass is 399 g/mol. The van der Waals surface area contributed by atoms with Gasteiger partial charge >= 0.3 is 0 Å². The minimum Gasteiger partial charge on any atom is -0.368 e. The van der Waals surface area contributed by atoms with Crippen molar-refractivity contribution in [3.05, 3.63) is 52.2 Å². The maximum atomic E-state index is 15.2. The van der Waals surface area contributed by atoms with Gasteiger partial charge in [0.25, 0.3) is 0 Å². The molecule has 1 heterocycles. The summed E-state index contributed by atoms with van der Waals surface area (Å²) in [5, 5.41) is 6.03. The van der Waals surface area contributed by atoms with Gasteiger partial charge in [-0.15, -0.1) is 0 Å². The zero-order valence-corrected chi connectivity index (χ0v) is 17.5. The molecule has 2 N–H and O–H groups in total. The zero-order valence-electron chi connectivity index (χ0n) is 17.5. The van der Waals surface area contributed by atoms with Crippen molar-refractivity contribution < 1.29 is 13.6 Å². The molecule has 1 amide bonds. The van der Waals surface area contributed by atoms with E-state index < -0.39 is 11.6 Å². The number of nitrogens with one attached hydrogen (secondary N) is 2. The minimum atomic E-state index is -0.526. The summed E-state index contributed by atoms with van der Waals surface area (Å²) < 4.78 is 30.4. The van der Waals surface area contributed by atoms with E-state index in [0.717, 1.165) is 12.8 Å². The van der Waals surface area contributed by atoms with E-state index in [-0.39, 0.29) is 40.2 Å². The maximum absolute atomic E-state index is 15.2. The molecule has 4 nitrogen and oxygen atoms in total. The number of hydrogen-bond donors (Lipinski definition) is 2. The number of carbonyl (C=O) groups is 1. The first kappa shape index (κ1) is 21.0. The van der Waals surface area contributed by atoms with Crippen LogP contribution in [0.1, 0.15) is 50.3 Å². The summed E-state index contributed by atoms with van der Waals surface area (Å²) in [6.07, 6.45) is 4.90. The number of carbonyl (C=O) groups excluding carboxylic acids is 1. The van der Waals surface area contributed by atoms with Crippen LogP contribution in [0.4, 0.5) is 14.6 Å². The lowest BCUT2D eigenvalue weighted by Gasteiger charge is -2.16. The van der Waals surface area contributed by atoms with Crippen LogP contribution in [-0.2, 0) is 4.79 Å². The molecule has 1 aromatic heterocycles. The Morgan fingerprint density at radius 2 is 1.86 bits per heavy atom. The van der Waals surface area contributed by atoms with Gasteiger partial charge in [-0.05, 0) is 76.8 Å². The molecular formula is C23H27F2N3O. The Morgan fingerprint density at radius 3 is 2.41 bits per heavy atom. The van der Waals surface area contributed by atoms with Crippen LogP contribution in [0.2, 0.25) is 0 Å². The molecule has 0 saturated heterocycles. The highest BCUT2D eigenvalue weighted by Crippen LogP contribution is 2.34. The van der Waals surface area contributed by atoms with E-state index >= 15 is 8.78 Å². The predicted octanol–water partition coefficient (Wildman–Crippen LogP) is 5.15. The van der Waals surface area contributed by atoms with Crippen LogP contribution in [0.15, 0.2) is 23.9 Å². The summed E-state index contributed by atoms with van der Waals surface area (Å²) in [7, 11) is 0. The van der Waals surface area contributed by atoms with Crippen LogP contribution in [0.3, 0.4) is 0 Å². The van der Waals surface area contributed by atoms with Gasteiger partial charge in [-0.2, -0.15) is 0 Å². The summed E-state index contributed by atoms with van der Waals surface area (Å²) in [6, 6.07) is 3.91. The molecule has 1 aromatic carbocycles. The SMILES string of the molecule is CC(=Cc1c(C)c(F)c(-c2ccc(NC(C)C)nc2)c(C)c1F)C(=O)NC1CC1. The van der Waals surface area contributed by atoms with E-state index in [4.69, 9.17) is 0 Å². The number of nitrogens with zero attached hydrogens (tertiary/aromatic N) is 1. The largest absolute Gasteiger partial charge is 0.368 e. The van der Waals surface area contributed by atoms with E-state index in [9.17, 15) is 4.79 Å². The molecule has 154 valence electrons. The second kappa shape index (κ2) is 8.31. The van der Waals surface area contributed by atoms with Gasteiger partial charge in [0, 0.05) is 40.5 Å². The molecule has 0 unspecified atom stereocenters. The van der Waals surface area contributed by atoms with E-state index in [0.29, 0.717) is 17.0 Å². The van der Waals surface area contributed by atoms with Gasteiger partial charge in [0.2, 0.25) is 5.91 Å². The van der Waals surface area contributed by atoms with Gasteiger partial charge < -0.3 is 10.6 Å². The minimum absolute atomic E-state index is 0.109. The van der Waals surface area contributed by atoms with Crippen LogP contribution in [-0.4, -0.2) is 23.0 Å². The van der Waals surface area contributed by atoms with Crippen LogP contribution in [0.25, 0.3) is 17.2 Å². The van der Waals surface area contributed by atoms with Crippen LogP contribution < -0.4 is 10.6 Å². The number of hydrogen-bond acceptors (Lipinski definition) is 3. The summed E-state index contributed by atoms with van der Waals surface area (Å²) >= 11 is 0. The van der Waals surface area contributed by atoms with E-state index in [2.05, 4.69) is 15.6 Å². The maximum Gasteiger partial charge on any atom is 0.247 e. The lowest BCUT2D eigenvalue weighted by atomic mass is 9.93. The van der Waals surface area contributed by atoms with Gasteiger partial charge in [-0.25, -0.2) is 13.8 Å². The molecule has 0 spiro atoms. The molecule has 0 atom stereocenters. The van der Waals surface area contributed by atoms with Crippen molar-refractivity contribution in [2.45, 2.75) is 59.5 Å². The van der Waals surface area contributed by atoms with Crippen LogP contribution in [0, 0.1) is 25.5 Å². The van der Waals surface area contributed by atoms with Gasteiger partial charge in [0.05, 0.1) is 0 Å². The molecule has 3 rings (SSSR count). The molecule has 1 saturated carbocycles. The summed E-state index contributed by atoms with van der Waals surface area (Å²) in [4.78, 5) is 16.5. The standard InChI is InChI=1S/C23H27F2N3O/c1-12(2)27-19-9-6-16(11-26-19)20-15(5)21(24)18(14(4)22(20)25)10-13(3)23(29)28-17-7-8-17/h6,9-12,17H,7-8H2,1-5H3,(H,26,27)(H,28,29). The van der Waals surface area contributed by atoms with Crippen LogP contribution in [0.5, 0.6) is 0 Å². The number of amides is 1. The molecule has 2 aromatic rings.